The third kappa shape index (κ3) is 5.18. The van der Waals surface area contributed by atoms with Crippen LogP contribution in [0.4, 0.5) is 17.1 Å². The van der Waals surface area contributed by atoms with E-state index in [1.807, 2.05) is 0 Å². The Hall–Kier alpha value is -7.42. The summed E-state index contributed by atoms with van der Waals surface area (Å²) in [6, 6.07) is 84.3. The Morgan fingerprint density at radius 1 is 0.333 bits per heavy atom. The fourth-order valence-corrected chi connectivity index (χ4v) is 9.41. The Kier molecular flexibility index (Phi) is 7.75. The normalized spacial score (nSPS) is 12.7. The predicted molar refractivity (Wildman–Crippen MR) is 238 cm³/mol. The molecule has 1 aliphatic carbocycles. The van der Waals surface area contributed by atoms with Crippen molar-refractivity contribution < 1.29 is 0 Å². The first kappa shape index (κ1) is 33.0. The molecule has 0 aliphatic heterocycles. The summed E-state index contributed by atoms with van der Waals surface area (Å²) in [5.41, 5.74) is 16.3. The third-order valence-corrected chi connectivity index (χ3v) is 11.9. The van der Waals surface area contributed by atoms with Crippen molar-refractivity contribution >= 4 is 38.9 Å². The zero-order valence-electron chi connectivity index (χ0n) is 31.3. The highest BCUT2D eigenvalue weighted by molar-refractivity contribution is 6.10. The molecule has 2 heteroatoms. The predicted octanol–water partition coefficient (Wildman–Crippen LogP) is 14.3. The number of fused-ring (bicyclic) bond motifs is 6. The minimum absolute atomic E-state index is 0.503. The van der Waals surface area contributed by atoms with Crippen LogP contribution in [-0.4, -0.2) is 4.57 Å². The molecule has 0 amide bonds. The molecule has 268 valence electrons. The monoisotopic (exact) mass is 726 g/mol. The zero-order chi connectivity index (χ0) is 37.8. The van der Waals surface area contributed by atoms with Crippen molar-refractivity contribution in [3.63, 3.8) is 0 Å². The van der Waals surface area contributed by atoms with Crippen LogP contribution in [0.5, 0.6) is 0 Å². The van der Waals surface area contributed by atoms with E-state index in [1.165, 1.54) is 66.3 Å². The van der Waals surface area contributed by atoms with Gasteiger partial charge in [-0.25, -0.2) is 0 Å². The van der Waals surface area contributed by atoms with E-state index in [9.17, 15) is 0 Å². The van der Waals surface area contributed by atoms with Gasteiger partial charge < -0.3 is 9.47 Å². The topological polar surface area (TPSA) is 8.17 Å². The van der Waals surface area contributed by atoms with E-state index in [-0.39, 0.29) is 0 Å². The molecule has 1 aromatic heterocycles. The van der Waals surface area contributed by atoms with Crippen LogP contribution in [0, 0.1) is 0 Å². The fraction of sp³-hybridized carbons (Fsp3) is 0.0182. The van der Waals surface area contributed by atoms with Gasteiger partial charge in [0.05, 0.1) is 16.4 Å². The minimum Gasteiger partial charge on any atom is -0.310 e. The number of aromatic nitrogens is 1. The van der Waals surface area contributed by atoms with Crippen LogP contribution in [0.25, 0.3) is 49.7 Å². The molecule has 11 rings (SSSR count). The van der Waals surface area contributed by atoms with Crippen LogP contribution in [0.2, 0.25) is 0 Å². The molecule has 0 saturated carbocycles. The summed E-state index contributed by atoms with van der Waals surface area (Å²) in [4.78, 5) is 2.44. The molecule has 0 N–H and O–H groups in total. The number of anilines is 3. The van der Waals surface area contributed by atoms with Crippen molar-refractivity contribution in [3.8, 4) is 27.9 Å². The second-order valence-electron chi connectivity index (χ2n) is 14.9. The number of benzene rings is 9. The van der Waals surface area contributed by atoms with Gasteiger partial charge in [0, 0.05) is 33.5 Å². The van der Waals surface area contributed by atoms with Crippen LogP contribution >= 0.6 is 0 Å². The van der Waals surface area contributed by atoms with Gasteiger partial charge in [0.1, 0.15) is 0 Å². The first-order valence-corrected chi connectivity index (χ1v) is 19.7. The highest BCUT2D eigenvalue weighted by atomic mass is 15.1. The molecule has 0 fully saturated rings. The van der Waals surface area contributed by atoms with Crippen LogP contribution in [0.3, 0.4) is 0 Å². The smallest absolute Gasteiger partial charge is 0.0714 e. The zero-order valence-corrected chi connectivity index (χ0v) is 31.3. The Bertz CT molecular complexity index is 3000. The molecule has 0 spiro atoms. The molecule has 0 bridgehead atoms. The van der Waals surface area contributed by atoms with Crippen LogP contribution in [0.15, 0.2) is 231 Å². The quantitative estimate of drug-likeness (QED) is 0.159. The number of hydrogen-bond acceptors (Lipinski definition) is 1. The van der Waals surface area contributed by atoms with Gasteiger partial charge in [-0.3, -0.25) is 0 Å². The lowest BCUT2D eigenvalue weighted by molar-refractivity contribution is 0.768. The Labute approximate surface area is 333 Å². The SMILES string of the molecule is c1ccc(-c2ccc(N(c3ccc4c(c3)C(c3ccccc3)(c3ccccc3)c3ccccc3-4)c3ccc4c5ccccc5n(-c5ccccc5)c4c3)cc2)cc1. The Morgan fingerprint density at radius 2 is 0.842 bits per heavy atom. The van der Waals surface area contributed by atoms with E-state index in [0.717, 1.165) is 22.7 Å². The molecule has 2 nitrogen and oxygen atoms in total. The third-order valence-electron chi connectivity index (χ3n) is 11.9. The average Bonchev–Trinajstić information content (AvgIpc) is 3.78. The maximum Gasteiger partial charge on any atom is 0.0714 e. The van der Waals surface area contributed by atoms with E-state index < -0.39 is 5.41 Å². The summed E-state index contributed by atoms with van der Waals surface area (Å²) in [6.45, 7) is 0. The molecule has 10 aromatic rings. The van der Waals surface area contributed by atoms with Gasteiger partial charge in [-0.2, -0.15) is 0 Å². The molecule has 0 atom stereocenters. The van der Waals surface area contributed by atoms with Gasteiger partial charge in [-0.05, 0) is 99.1 Å². The number of rotatable bonds is 7. The summed E-state index contributed by atoms with van der Waals surface area (Å²) < 4.78 is 2.40. The van der Waals surface area contributed by atoms with Crippen LogP contribution < -0.4 is 4.90 Å². The summed E-state index contributed by atoms with van der Waals surface area (Å²) in [6.07, 6.45) is 0. The molecule has 0 unspecified atom stereocenters. The average molecular weight is 727 g/mol. The largest absolute Gasteiger partial charge is 0.310 e. The number of hydrogen-bond donors (Lipinski definition) is 0. The van der Waals surface area contributed by atoms with Crippen molar-refractivity contribution in [1.29, 1.82) is 0 Å². The van der Waals surface area contributed by atoms with E-state index in [2.05, 4.69) is 240 Å². The Morgan fingerprint density at radius 3 is 1.56 bits per heavy atom. The van der Waals surface area contributed by atoms with Gasteiger partial charge in [0.15, 0.2) is 0 Å². The van der Waals surface area contributed by atoms with Gasteiger partial charge >= 0.3 is 0 Å². The second-order valence-corrected chi connectivity index (χ2v) is 14.9. The number of nitrogens with zero attached hydrogens (tertiary/aromatic N) is 2. The van der Waals surface area contributed by atoms with Crippen molar-refractivity contribution in [2.24, 2.45) is 0 Å². The maximum absolute atomic E-state index is 2.46. The lowest BCUT2D eigenvalue weighted by Crippen LogP contribution is -2.28. The summed E-state index contributed by atoms with van der Waals surface area (Å²) in [5.74, 6) is 0. The Balaban J connectivity index is 1.18. The number of para-hydroxylation sites is 2. The van der Waals surface area contributed by atoms with Crippen molar-refractivity contribution in [2.45, 2.75) is 5.41 Å². The molecular formula is C55H38N2. The minimum atomic E-state index is -0.503. The van der Waals surface area contributed by atoms with Crippen LogP contribution in [-0.2, 0) is 5.41 Å². The first-order chi connectivity index (χ1) is 28.3. The standard InChI is InChI=1S/C55H38N2/c1-5-17-39(18-6-1)40-29-31-44(32-30-40)56(46-34-36-50-49-26-14-16-28-53(49)57(54(50)38-46)43-23-11-4-12-24-43)45-33-35-48-47-25-13-15-27-51(47)55(52(48)37-45,41-19-7-2-8-20-41)42-21-9-3-10-22-42/h1-38H. The summed E-state index contributed by atoms with van der Waals surface area (Å²) in [7, 11) is 0. The van der Waals surface area contributed by atoms with Gasteiger partial charge in [0.2, 0.25) is 0 Å². The summed E-state index contributed by atoms with van der Waals surface area (Å²) >= 11 is 0. The first-order valence-electron chi connectivity index (χ1n) is 19.7. The van der Waals surface area contributed by atoms with E-state index in [0.29, 0.717) is 0 Å². The van der Waals surface area contributed by atoms with Gasteiger partial charge in [-0.15, -0.1) is 0 Å². The lowest BCUT2D eigenvalue weighted by atomic mass is 9.67. The van der Waals surface area contributed by atoms with E-state index in [4.69, 9.17) is 0 Å². The lowest BCUT2D eigenvalue weighted by Gasteiger charge is -2.35. The summed E-state index contributed by atoms with van der Waals surface area (Å²) in [5, 5.41) is 2.47. The molecule has 0 radical (unpaired) electrons. The van der Waals surface area contributed by atoms with Gasteiger partial charge in [-0.1, -0.05) is 176 Å². The molecule has 57 heavy (non-hydrogen) atoms. The highest BCUT2D eigenvalue weighted by Gasteiger charge is 2.46. The van der Waals surface area contributed by atoms with Gasteiger partial charge in [0.25, 0.3) is 0 Å². The highest BCUT2D eigenvalue weighted by Crippen LogP contribution is 2.57. The molecule has 0 saturated heterocycles. The molecule has 1 heterocycles. The van der Waals surface area contributed by atoms with Crippen molar-refractivity contribution in [3.05, 3.63) is 253 Å². The van der Waals surface area contributed by atoms with Crippen molar-refractivity contribution in [2.75, 3.05) is 4.90 Å². The molecular weight excluding hydrogens is 689 g/mol. The van der Waals surface area contributed by atoms with Crippen molar-refractivity contribution in [1.82, 2.24) is 4.57 Å². The van der Waals surface area contributed by atoms with Crippen LogP contribution in [0.1, 0.15) is 22.3 Å². The molecule has 1 aliphatic rings. The maximum atomic E-state index is 2.46. The second kappa shape index (κ2) is 13.4. The molecule has 9 aromatic carbocycles. The van der Waals surface area contributed by atoms with E-state index >= 15 is 0 Å². The fourth-order valence-electron chi connectivity index (χ4n) is 9.41. The van der Waals surface area contributed by atoms with E-state index in [1.54, 1.807) is 0 Å².